The van der Waals surface area contributed by atoms with E-state index in [1.165, 1.54) is 5.56 Å². The zero-order chi connectivity index (χ0) is 13.0. The lowest BCUT2D eigenvalue weighted by molar-refractivity contribution is -0.143. The Balaban J connectivity index is 1.88. The van der Waals surface area contributed by atoms with E-state index >= 15 is 0 Å². The van der Waals surface area contributed by atoms with Crippen LogP contribution in [0.2, 0.25) is 0 Å². The third kappa shape index (κ3) is 3.10. The van der Waals surface area contributed by atoms with Gasteiger partial charge in [-0.1, -0.05) is 36.8 Å². The van der Waals surface area contributed by atoms with Gasteiger partial charge in [-0.3, -0.25) is 4.79 Å². The number of hydrogen-bond acceptors (Lipinski definition) is 2. The molecule has 98 valence electrons. The highest BCUT2D eigenvalue weighted by atomic mass is 16.4. The van der Waals surface area contributed by atoms with Crippen LogP contribution in [0.15, 0.2) is 30.3 Å². The highest BCUT2D eigenvalue weighted by Crippen LogP contribution is 2.29. The molecule has 1 N–H and O–H groups in total. The SMILES string of the molecule is CN(CCc1ccccc1)C1CCCC1C(=O)O. The molecule has 3 heteroatoms. The highest BCUT2D eigenvalue weighted by molar-refractivity contribution is 5.71. The first kappa shape index (κ1) is 13.1. The van der Waals surface area contributed by atoms with Crippen LogP contribution in [0.25, 0.3) is 0 Å². The molecule has 2 unspecified atom stereocenters. The van der Waals surface area contributed by atoms with Gasteiger partial charge in [0.25, 0.3) is 0 Å². The molecular weight excluding hydrogens is 226 g/mol. The Kier molecular flexibility index (Phi) is 4.37. The van der Waals surface area contributed by atoms with Crippen LogP contribution in [-0.2, 0) is 11.2 Å². The lowest BCUT2D eigenvalue weighted by atomic mass is 10.0. The number of nitrogens with zero attached hydrogens (tertiary/aromatic N) is 1. The van der Waals surface area contributed by atoms with Gasteiger partial charge in [-0.25, -0.2) is 0 Å². The van der Waals surface area contributed by atoms with Crippen molar-refractivity contribution in [3.63, 3.8) is 0 Å². The van der Waals surface area contributed by atoms with Crippen molar-refractivity contribution in [1.82, 2.24) is 4.90 Å². The number of hydrogen-bond donors (Lipinski definition) is 1. The van der Waals surface area contributed by atoms with Crippen LogP contribution in [-0.4, -0.2) is 35.6 Å². The van der Waals surface area contributed by atoms with Gasteiger partial charge in [-0.05, 0) is 31.9 Å². The summed E-state index contributed by atoms with van der Waals surface area (Å²) in [5, 5.41) is 9.19. The summed E-state index contributed by atoms with van der Waals surface area (Å²) in [6.45, 7) is 0.929. The summed E-state index contributed by atoms with van der Waals surface area (Å²) < 4.78 is 0. The molecule has 0 saturated heterocycles. The summed E-state index contributed by atoms with van der Waals surface area (Å²) in [6.07, 6.45) is 3.87. The molecule has 3 nitrogen and oxygen atoms in total. The fraction of sp³-hybridized carbons (Fsp3) is 0.533. The maximum Gasteiger partial charge on any atom is 0.308 e. The van der Waals surface area contributed by atoms with Crippen molar-refractivity contribution in [2.24, 2.45) is 5.92 Å². The Morgan fingerprint density at radius 2 is 2.06 bits per heavy atom. The number of likely N-dealkylation sites (N-methyl/N-ethyl adjacent to an activating group) is 1. The van der Waals surface area contributed by atoms with Crippen molar-refractivity contribution in [3.05, 3.63) is 35.9 Å². The summed E-state index contributed by atoms with van der Waals surface area (Å²) in [7, 11) is 2.05. The molecular formula is C15H21NO2. The number of carboxylic acids is 1. The topological polar surface area (TPSA) is 40.5 Å². The molecule has 0 aliphatic heterocycles. The second-order valence-electron chi connectivity index (χ2n) is 5.16. The van der Waals surface area contributed by atoms with Gasteiger partial charge < -0.3 is 10.0 Å². The van der Waals surface area contributed by atoms with Gasteiger partial charge in [0, 0.05) is 12.6 Å². The van der Waals surface area contributed by atoms with Gasteiger partial charge in [0.05, 0.1) is 5.92 Å². The molecule has 0 radical (unpaired) electrons. The van der Waals surface area contributed by atoms with E-state index in [1.807, 2.05) is 18.2 Å². The molecule has 0 amide bonds. The van der Waals surface area contributed by atoms with Crippen LogP contribution in [0.4, 0.5) is 0 Å². The number of carbonyl (C=O) groups is 1. The second kappa shape index (κ2) is 6.01. The summed E-state index contributed by atoms with van der Waals surface area (Å²) in [5.41, 5.74) is 1.31. The van der Waals surface area contributed by atoms with Crippen molar-refractivity contribution >= 4 is 5.97 Å². The quantitative estimate of drug-likeness (QED) is 0.868. The van der Waals surface area contributed by atoms with E-state index in [0.29, 0.717) is 0 Å². The van der Waals surface area contributed by atoms with Crippen molar-refractivity contribution in [2.45, 2.75) is 31.7 Å². The molecule has 1 aliphatic carbocycles. The van der Waals surface area contributed by atoms with Crippen LogP contribution < -0.4 is 0 Å². The first-order chi connectivity index (χ1) is 8.68. The Labute approximate surface area is 108 Å². The summed E-state index contributed by atoms with van der Waals surface area (Å²) in [5.74, 6) is -0.810. The average molecular weight is 247 g/mol. The first-order valence-corrected chi connectivity index (χ1v) is 6.65. The van der Waals surface area contributed by atoms with E-state index in [2.05, 4.69) is 24.1 Å². The predicted molar refractivity (Wildman–Crippen MR) is 71.5 cm³/mol. The number of rotatable bonds is 5. The monoisotopic (exact) mass is 247 g/mol. The summed E-state index contributed by atoms with van der Waals surface area (Å²) in [6, 6.07) is 10.6. The molecule has 0 aromatic heterocycles. The number of aliphatic carboxylic acids is 1. The Morgan fingerprint density at radius 3 is 2.72 bits per heavy atom. The van der Waals surface area contributed by atoms with Crippen LogP contribution in [0.5, 0.6) is 0 Å². The molecule has 18 heavy (non-hydrogen) atoms. The van der Waals surface area contributed by atoms with Crippen LogP contribution in [0.1, 0.15) is 24.8 Å². The highest BCUT2D eigenvalue weighted by Gasteiger charge is 2.35. The molecule has 0 spiro atoms. The Bertz CT molecular complexity index is 391. The third-order valence-electron chi connectivity index (χ3n) is 3.96. The lowest BCUT2D eigenvalue weighted by Gasteiger charge is -2.27. The molecule has 1 saturated carbocycles. The minimum absolute atomic E-state index is 0.175. The van der Waals surface area contributed by atoms with Crippen molar-refractivity contribution < 1.29 is 9.90 Å². The Hall–Kier alpha value is -1.35. The zero-order valence-corrected chi connectivity index (χ0v) is 10.9. The molecule has 1 fully saturated rings. The van der Waals surface area contributed by atoms with E-state index in [1.54, 1.807) is 0 Å². The molecule has 1 aliphatic rings. The Morgan fingerprint density at radius 1 is 1.33 bits per heavy atom. The van der Waals surface area contributed by atoms with E-state index in [0.717, 1.165) is 32.2 Å². The van der Waals surface area contributed by atoms with Crippen LogP contribution in [0.3, 0.4) is 0 Å². The molecule has 2 rings (SSSR count). The van der Waals surface area contributed by atoms with Gasteiger partial charge in [0.1, 0.15) is 0 Å². The minimum Gasteiger partial charge on any atom is -0.481 e. The molecule has 0 bridgehead atoms. The van der Waals surface area contributed by atoms with Gasteiger partial charge >= 0.3 is 5.97 Å². The van der Waals surface area contributed by atoms with Gasteiger partial charge in [-0.2, -0.15) is 0 Å². The molecule has 0 heterocycles. The molecule has 1 aromatic carbocycles. The standard InChI is InChI=1S/C15H21NO2/c1-16(11-10-12-6-3-2-4-7-12)14-9-5-8-13(14)15(17)18/h2-4,6-7,13-14H,5,8-11H2,1H3,(H,17,18). The van der Waals surface area contributed by atoms with Crippen LogP contribution in [0, 0.1) is 5.92 Å². The van der Waals surface area contributed by atoms with Gasteiger partial charge in [0.2, 0.25) is 0 Å². The van der Waals surface area contributed by atoms with Gasteiger partial charge in [0.15, 0.2) is 0 Å². The molecule has 2 atom stereocenters. The van der Waals surface area contributed by atoms with Crippen molar-refractivity contribution in [3.8, 4) is 0 Å². The van der Waals surface area contributed by atoms with Crippen molar-refractivity contribution in [2.75, 3.05) is 13.6 Å². The van der Waals surface area contributed by atoms with E-state index in [9.17, 15) is 9.90 Å². The zero-order valence-electron chi connectivity index (χ0n) is 10.9. The van der Waals surface area contributed by atoms with E-state index in [4.69, 9.17) is 0 Å². The average Bonchev–Trinajstić information content (AvgIpc) is 2.86. The summed E-state index contributed by atoms with van der Waals surface area (Å²) in [4.78, 5) is 13.4. The summed E-state index contributed by atoms with van der Waals surface area (Å²) >= 11 is 0. The lowest BCUT2D eigenvalue weighted by Crippen LogP contribution is -2.39. The van der Waals surface area contributed by atoms with E-state index in [-0.39, 0.29) is 12.0 Å². The number of carboxylic acid groups (broad SMARTS) is 1. The smallest absolute Gasteiger partial charge is 0.308 e. The second-order valence-corrected chi connectivity index (χ2v) is 5.16. The van der Waals surface area contributed by atoms with Gasteiger partial charge in [-0.15, -0.1) is 0 Å². The van der Waals surface area contributed by atoms with E-state index < -0.39 is 5.97 Å². The maximum atomic E-state index is 11.2. The fourth-order valence-corrected chi connectivity index (χ4v) is 2.87. The van der Waals surface area contributed by atoms with Crippen molar-refractivity contribution in [1.29, 1.82) is 0 Å². The minimum atomic E-state index is -0.635. The number of benzene rings is 1. The third-order valence-corrected chi connectivity index (χ3v) is 3.96. The maximum absolute atomic E-state index is 11.2. The largest absolute Gasteiger partial charge is 0.481 e. The first-order valence-electron chi connectivity index (χ1n) is 6.65. The normalized spacial score (nSPS) is 23.4. The molecule has 1 aromatic rings. The van der Waals surface area contributed by atoms with Crippen LogP contribution >= 0.6 is 0 Å². The predicted octanol–water partition coefficient (Wildman–Crippen LogP) is 2.41. The fourth-order valence-electron chi connectivity index (χ4n) is 2.87.